The zero-order valence-corrected chi connectivity index (χ0v) is 17.9. The Morgan fingerprint density at radius 1 is 1.25 bits per heavy atom. The molecule has 28 heavy (non-hydrogen) atoms. The number of oxime groups is 1. The van der Waals surface area contributed by atoms with Gasteiger partial charge in [0.2, 0.25) is 0 Å². The molecule has 0 unspecified atom stereocenters. The van der Waals surface area contributed by atoms with Gasteiger partial charge in [-0.05, 0) is 76.1 Å². The summed E-state index contributed by atoms with van der Waals surface area (Å²) in [6, 6.07) is 10.7. The van der Waals surface area contributed by atoms with Gasteiger partial charge in [-0.1, -0.05) is 48.5 Å². The first-order chi connectivity index (χ1) is 13.3. The molecule has 0 heterocycles. The smallest absolute Gasteiger partial charge is 0.129 e. The number of fused-ring (bicyclic) bond motifs is 1. The minimum atomic E-state index is -0.577. The molecule has 2 fully saturated rings. The molecule has 154 valence electrons. The Bertz CT molecular complexity index is 700. The van der Waals surface area contributed by atoms with Gasteiger partial charge in [-0.15, -0.1) is 0 Å². The molecular formula is C24H36N2O2. The lowest BCUT2D eigenvalue weighted by Gasteiger charge is -2.49. The number of aliphatic hydroxyl groups is 1. The van der Waals surface area contributed by atoms with E-state index in [1.54, 1.807) is 0 Å². The van der Waals surface area contributed by atoms with Crippen molar-refractivity contribution in [3.8, 4) is 0 Å². The van der Waals surface area contributed by atoms with Crippen molar-refractivity contribution in [2.24, 2.45) is 16.5 Å². The molecule has 0 amide bonds. The largest absolute Gasteiger partial charge is 0.394 e. The number of hydrogen-bond acceptors (Lipinski definition) is 4. The van der Waals surface area contributed by atoms with Crippen LogP contribution in [0.1, 0.15) is 57.4 Å². The minimum absolute atomic E-state index is 0.0564. The van der Waals surface area contributed by atoms with Crippen molar-refractivity contribution < 1.29 is 9.94 Å². The van der Waals surface area contributed by atoms with Gasteiger partial charge in [-0.3, -0.25) is 0 Å². The average Bonchev–Trinajstić information content (AvgIpc) is 2.92. The molecule has 0 aromatic heterocycles. The van der Waals surface area contributed by atoms with E-state index >= 15 is 0 Å². The van der Waals surface area contributed by atoms with Crippen LogP contribution in [-0.2, 0) is 4.84 Å². The summed E-state index contributed by atoms with van der Waals surface area (Å²) in [7, 11) is 4.04. The van der Waals surface area contributed by atoms with Crippen molar-refractivity contribution in [1.29, 1.82) is 0 Å². The molecule has 4 atom stereocenters. The van der Waals surface area contributed by atoms with E-state index in [0.717, 1.165) is 44.2 Å². The summed E-state index contributed by atoms with van der Waals surface area (Å²) in [5.74, 6) is 0.859. The van der Waals surface area contributed by atoms with E-state index in [2.05, 4.69) is 60.3 Å². The van der Waals surface area contributed by atoms with Gasteiger partial charge in [0, 0.05) is 12.0 Å². The van der Waals surface area contributed by atoms with E-state index in [4.69, 9.17) is 4.84 Å². The van der Waals surface area contributed by atoms with Crippen LogP contribution in [0.2, 0.25) is 0 Å². The molecule has 0 aliphatic heterocycles. The van der Waals surface area contributed by atoms with Gasteiger partial charge in [0.1, 0.15) is 6.61 Å². The third-order valence-corrected chi connectivity index (χ3v) is 7.04. The summed E-state index contributed by atoms with van der Waals surface area (Å²) in [4.78, 5) is 7.41. The molecule has 0 radical (unpaired) electrons. The van der Waals surface area contributed by atoms with Crippen LogP contribution in [0.15, 0.2) is 47.1 Å². The lowest BCUT2D eigenvalue weighted by molar-refractivity contribution is -0.0985. The van der Waals surface area contributed by atoms with Gasteiger partial charge in [-0.2, -0.15) is 0 Å². The van der Waals surface area contributed by atoms with Crippen molar-refractivity contribution in [2.45, 2.75) is 57.5 Å². The molecule has 0 bridgehead atoms. The average molecular weight is 385 g/mol. The fourth-order valence-corrected chi connectivity index (χ4v) is 5.11. The first kappa shape index (κ1) is 21.1. The number of nitrogens with zero attached hydrogens (tertiary/aromatic N) is 2. The van der Waals surface area contributed by atoms with E-state index in [0.29, 0.717) is 18.4 Å². The molecule has 2 saturated carbocycles. The Balaban J connectivity index is 1.64. The van der Waals surface area contributed by atoms with Crippen molar-refractivity contribution in [3.63, 3.8) is 0 Å². The normalized spacial score (nSPS) is 33.4. The Morgan fingerprint density at radius 2 is 2.00 bits per heavy atom. The maximum Gasteiger partial charge on any atom is 0.129 e. The first-order valence-electron chi connectivity index (χ1n) is 10.6. The summed E-state index contributed by atoms with van der Waals surface area (Å²) in [6.45, 7) is 5.82. The molecular weight excluding hydrogens is 348 g/mol. The molecule has 3 rings (SSSR count). The SMILES string of the molecule is CC(=C[C@H]1CC[C@]2(O)C[C@@H](c3ccccc3)CC[C@]12C)/C=N/OCCN(C)C. The van der Waals surface area contributed by atoms with Crippen LogP contribution in [0, 0.1) is 11.3 Å². The summed E-state index contributed by atoms with van der Waals surface area (Å²) in [6.07, 6.45) is 9.13. The summed E-state index contributed by atoms with van der Waals surface area (Å²) >= 11 is 0. The fourth-order valence-electron chi connectivity index (χ4n) is 5.11. The molecule has 0 spiro atoms. The second kappa shape index (κ2) is 8.79. The molecule has 1 aromatic rings. The number of hydrogen-bond donors (Lipinski definition) is 1. The Kier molecular flexibility index (Phi) is 6.61. The number of allylic oxidation sites excluding steroid dienone is 2. The van der Waals surface area contributed by atoms with Gasteiger partial charge in [0.15, 0.2) is 0 Å². The highest BCUT2D eigenvalue weighted by Gasteiger charge is 2.58. The van der Waals surface area contributed by atoms with Crippen LogP contribution in [0.5, 0.6) is 0 Å². The van der Waals surface area contributed by atoms with Gasteiger partial charge >= 0.3 is 0 Å². The highest BCUT2D eigenvalue weighted by molar-refractivity contribution is 5.77. The quantitative estimate of drug-likeness (QED) is 0.424. The molecule has 1 N–H and O–H groups in total. The Morgan fingerprint density at radius 3 is 2.71 bits per heavy atom. The fraction of sp³-hybridized carbons (Fsp3) is 0.625. The lowest BCUT2D eigenvalue weighted by atomic mass is 9.59. The van der Waals surface area contributed by atoms with Crippen molar-refractivity contribution in [1.82, 2.24) is 4.90 Å². The zero-order chi connectivity index (χ0) is 20.2. The zero-order valence-electron chi connectivity index (χ0n) is 17.9. The molecule has 4 nitrogen and oxygen atoms in total. The maximum absolute atomic E-state index is 11.6. The summed E-state index contributed by atoms with van der Waals surface area (Å²) in [5, 5.41) is 15.7. The van der Waals surface area contributed by atoms with Crippen LogP contribution >= 0.6 is 0 Å². The van der Waals surface area contributed by atoms with Crippen LogP contribution < -0.4 is 0 Å². The highest BCUT2D eigenvalue weighted by atomic mass is 16.6. The molecule has 2 aliphatic carbocycles. The lowest BCUT2D eigenvalue weighted by Crippen LogP contribution is -2.49. The van der Waals surface area contributed by atoms with Crippen molar-refractivity contribution in [3.05, 3.63) is 47.5 Å². The number of rotatable bonds is 7. The molecule has 0 saturated heterocycles. The number of benzene rings is 1. The second-order valence-corrected chi connectivity index (χ2v) is 9.23. The maximum atomic E-state index is 11.6. The molecule has 1 aromatic carbocycles. The van der Waals surface area contributed by atoms with E-state index < -0.39 is 5.60 Å². The topological polar surface area (TPSA) is 45.1 Å². The predicted octanol–water partition coefficient (Wildman–Crippen LogP) is 4.61. The van der Waals surface area contributed by atoms with E-state index in [1.807, 2.05) is 20.3 Å². The molecule has 2 aliphatic rings. The molecule has 4 heteroatoms. The highest BCUT2D eigenvalue weighted by Crippen LogP contribution is 2.61. The number of likely N-dealkylation sites (N-methyl/N-ethyl adjacent to an activating group) is 1. The van der Waals surface area contributed by atoms with Crippen molar-refractivity contribution in [2.75, 3.05) is 27.2 Å². The third kappa shape index (κ3) is 4.49. The van der Waals surface area contributed by atoms with Gasteiger partial charge in [0.25, 0.3) is 0 Å². The standard InChI is InChI=1S/C24H36N2O2/c1-19(18-25-28-15-14-26(3)4)16-22-11-13-24(27)17-21(10-12-23(22,24)2)20-8-6-5-7-9-20/h5-9,16,18,21-22,27H,10-15,17H2,1-4H3/b19-16?,25-18+/t21-,22+,23+,24-/m0/s1. The Hall–Kier alpha value is -1.65. The van der Waals surface area contributed by atoms with Crippen LogP contribution in [0.4, 0.5) is 0 Å². The van der Waals surface area contributed by atoms with Gasteiger partial charge < -0.3 is 14.8 Å². The predicted molar refractivity (Wildman–Crippen MR) is 116 cm³/mol. The van der Waals surface area contributed by atoms with E-state index in [-0.39, 0.29) is 5.41 Å². The summed E-state index contributed by atoms with van der Waals surface area (Å²) in [5.41, 5.74) is 1.85. The van der Waals surface area contributed by atoms with Crippen LogP contribution in [0.25, 0.3) is 0 Å². The van der Waals surface area contributed by atoms with Crippen LogP contribution in [-0.4, -0.2) is 49.1 Å². The van der Waals surface area contributed by atoms with E-state index in [9.17, 15) is 5.11 Å². The van der Waals surface area contributed by atoms with Gasteiger partial charge in [0.05, 0.1) is 11.8 Å². The van der Waals surface area contributed by atoms with Crippen LogP contribution in [0.3, 0.4) is 0 Å². The third-order valence-electron chi connectivity index (χ3n) is 7.04. The summed E-state index contributed by atoms with van der Waals surface area (Å²) < 4.78 is 0. The minimum Gasteiger partial charge on any atom is -0.394 e. The van der Waals surface area contributed by atoms with E-state index in [1.165, 1.54) is 5.56 Å². The monoisotopic (exact) mass is 384 g/mol. The van der Waals surface area contributed by atoms with Gasteiger partial charge in [-0.25, -0.2) is 0 Å². The second-order valence-electron chi connectivity index (χ2n) is 9.23. The Labute approximate surface area is 170 Å². The van der Waals surface area contributed by atoms with Crippen molar-refractivity contribution >= 4 is 6.21 Å². The first-order valence-corrected chi connectivity index (χ1v) is 10.6.